The van der Waals surface area contributed by atoms with Crippen LogP contribution in [0.1, 0.15) is 6.92 Å². The fraction of sp³-hybridized carbons (Fsp3) is 0.500. The lowest BCUT2D eigenvalue weighted by Gasteiger charge is -1.87. The van der Waals surface area contributed by atoms with Crippen LogP contribution in [0, 0.1) is 6.10 Å². The quantitative estimate of drug-likeness (QED) is 0.421. The van der Waals surface area contributed by atoms with Crippen LogP contribution in [0.5, 0.6) is 0 Å². The predicted octanol–water partition coefficient (Wildman–Crippen LogP) is 0.705. The molecule has 3 heteroatoms. The highest BCUT2D eigenvalue weighted by atomic mass is 16.8. The number of cyclic esters (lactones) is 2. The van der Waals surface area contributed by atoms with E-state index in [1.165, 1.54) is 0 Å². The van der Waals surface area contributed by atoms with E-state index in [0.29, 0.717) is 12.7 Å². The lowest BCUT2D eigenvalue weighted by molar-refractivity contribution is 0.132. The SMILES string of the molecule is C[C]1COC(=O)O1. The van der Waals surface area contributed by atoms with Crippen LogP contribution in [0.15, 0.2) is 0 Å². The van der Waals surface area contributed by atoms with E-state index in [-0.39, 0.29) is 0 Å². The summed E-state index contributed by atoms with van der Waals surface area (Å²) in [6, 6.07) is 0. The molecule has 0 unspecified atom stereocenters. The topological polar surface area (TPSA) is 35.5 Å². The lowest BCUT2D eigenvalue weighted by atomic mass is 10.5. The van der Waals surface area contributed by atoms with Crippen molar-refractivity contribution in [2.75, 3.05) is 6.61 Å². The van der Waals surface area contributed by atoms with Crippen LogP contribution < -0.4 is 0 Å². The Hall–Kier alpha value is -0.730. The summed E-state index contributed by atoms with van der Waals surface area (Å²) in [5.41, 5.74) is 0. The zero-order chi connectivity index (χ0) is 5.28. The molecular weight excluding hydrogens is 96.0 g/mol. The molecule has 1 saturated heterocycles. The molecule has 0 aliphatic carbocycles. The first-order chi connectivity index (χ1) is 3.29. The van der Waals surface area contributed by atoms with Crippen molar-refractivity contribution in [1.82, 2.24) is 0 Å². The highest BCUT2D eigenvalue weighted by molar-refractivity contribution is 5.63. The Labute approximate surface area is 41.2 Å². The van der Waals surface area contributed by atoms with Crippen LogP contribution in [0.3, 0.4) is 0 Å². The number of ether oxygens (including phenoxy) is 2. The molecule has 1 aliphatic rings. The third-order valence-corrected chi connectivity index (χ3v) is 0.651. The molecule has 7 heavy (non-hydrogen) atoms. The van der Waals surface area contributed by atoms with E-state index >= 15 is 0 Å². The molecule has 0 aromatic carbocycles. The molecule has 0 aromatic heterocycles. The van der Waals surface area contributed by atoms with Gasteiger partial charge in [-0.2, -0.15) is 0 Å². The average molecular weight is 101 g/mol. The summed E-state index contributed by atoms with van der Waals surface area (Å²) in [5.74, 6) is 0. The summed E-state index contributed by atoms with van der Waals surface area (Å²) in [7, 11) is 0. The van der Waals surface area contributed by atoms with Crippen LogP contribution in [0.2, 0.25) is 0 Å². The molecule has 0 N–H and O–H groups in total. The minimum absolute atomic E-state index is 0.318. The Morgan fingerprint density at radius 2 is 2.43 bits per heavy atom. The van der Waals surface area contributed by atoms with E-state index in [9.17, 15) is 4.79 Å². The molecular formula is C4H5O3. The molecule has 1 aliphatic heterocycles. The van der Waals surface area contributed by atoms with Gasteiger partial charge in [-0.15, -0.1) is 0 Å². The molecule has 1 rings (SSSR count). The van der Waals surface area contributed by atoms with Gasteiger partial charge in [-0.25, -0.2) is 4.79 Å². The minimum atomic E-state index is -0.586. The molecule has 1 heterocycles. The summed E-state index contributed by atoms with van der Waals surface area (Å²) in [4.78, 5) is 9.99. The van der Waals surface area contributed by atoms with Gasteiger partial charge in [-0.3, -0.25) is 0 Å². The lowest BCUT2D eigenvalue weighted by Crippen LogP contribution is -1.90. The van der Waals surface area contributed by atoms with E-state index < -0.39 is 6.16 Å². The normalized spacial score (nSPS) is 21.6. The molecule has 3 nitrogen and oxygen atoms in total. The molecule has 0 spiro atoms. The van der Waals surface area contributed by atoms with Crippen molar-refractivity contribution in [2.24, 2.45) is 0 Å². The van der Waals surface area contributed by atoms with E-state index in [1.807, 2.05) is 0 Å². The Morgan fingerprint density at radius 3 is 2.57 bits per heavy atom. The van der Waals surface area contributed by atoms with Gasteiger partial charge < -0.3 is 9.47 Å². The maximum Gasteiger partial charge on any atom is 0.509 e. The molecule has 39 valence electrons. The Bertz CT molecular complexity index is 88.9. The van der Waals surface area contributed by atoms with Gasteiger partial charge in [-0.05, 0) is 6.92 Å². The first kappa shape index (κ1) is 4.43. The van der Waals surface area contributed by atoms with Crippen molar-refractivity contribution in [3.8, 4) is 0 Å². The standard InChI is InChI=1S/C4H5O3/c1-3-2-6-4(5)7-3/h2H2,1H3. The summed E-state index contributed by atoms with van der Waals surface area (Å²) in [5, 5.41) is 0. The maximum absolute atomic E-state index is 9.99. The van der Waals surface area contributed by atoms with E-state index in [1.54, 1.807) is 6.92 Å². The van der Waals surface area contributed by atoms with E-state index in [4.69, 9.17) is 0 Å². The second kappa shape index (κ2) is 1.40. The first-order valence-electron chi connectivity index (χ1n) is 1.96. The van der Waals surface area contributed by atoms with Gasteiger partial charge in [0.15, 0.2) is 6.10 Å². The van der Waals surface area contributed by atoms with Gasteiger partial charge in [0.1, 0.15) is 6.61 Å². The number of hydrogen-bond donors (Lipinski definition) is 0. The Balaban J connectivity index is 2.40. The van der Waals surface area contributed by atoms with Crippen molar-refractivity contribution in [2.45, 2.75) is 6.92 Å². The summed E-state index contributed by atoms with van der Waals surface area (Å²) in [6.07, 6.45) is 0.0440. The number of carbonyl (C=O) groups excluding carboxylic acids is 1. The smallest absolute Gasteiger partial charge is 0.430 e. The third kappa shape index (κ3) is 0.824. The first-order valence-corrected chi connectivity index (χ1v) is 1.96. The number of hydrogen-bond acceptors (Lipinski definition) is 3. The van der Waals surface area contributed by atoms with Crippen LogP contribution >= 0.6 is 0 Å². The average Bonchev–Trinajstić information content (AvgIpc) is 1.87. The third-order valence-electron chi connectivity index (χ3n) is 0.651. The fourth-order valence-electron chi connectivity index (χ4n) is 0.362. The van der Waals surface area contributed by atoms with Crippen molar-refractivity contribution >= 4 is 6.16 Å². The van der Waals surface area contributed by atoms with Gasteiger partial charge in [0.05, 0.1) is 0 Å². The fourth-order valence-corrected chi connectivity index (χ4v) is 0.362. The summed E-state index contributed by atoms with van der Waals surface area (Å²) in [6.45, 7) is 2.02. The van der Waals surface area contributed by atoms with Crippen LogP contribution in [0.4, 0.5) is 4.79 Å². The monoisotopic (exact) mass is 101 g/mol. The Morgan fingerprint density at radius 1 is 1.71 bits per heavy atom. The van der Waals surface area contributed by atoms with Gasteiger partial charge in [0, 0.05) is 0 Å². The zero-order valence-electron chi connectivity index (χ0n) is 3.93. The van der Waals surface area contributed by atoms with E-state index in [0.717, 1.165) is 0 Å². The molecule has 1 fully saturated rings. The van der Waals surface area contributed by atoms with Gasteiger partial charge >= 0.3 is 6.16 Å². The Kier molecular flexibility index (Phi) is 0.889. The minimum Gasteiger partial charge on any atom is -0.430 e. The number of carbonyl (C=O) groups is 1. The van der Waals surface area contributed by atoms with Crippen LogP contribution in [-0.2, 0) is 9.47 Å². The zero-order valence-corrected chi connectivity index (χ0v) is 3.93. The second-order valence-electron chi connectivity index (χ2n) is 1.34. The van der Waals surface area contributed by atoms with Gasteiger partial charge in [-0.1, -0.05) is 0 Å². The predicted molar refractivity (Wildman–Crippen MR) is 21.3 cm³/mol. The van der Waals surface area contributed by atoms with Gasteiger partial charge in [0.2, 0.25) is 0 Å². The highest BCUT2D eigenvalue weighted by Gasteiger charge is 2.20. The largest absolute Gasteiger partial charge is 0.509 e. The molecule has 1 radical (unpaired) electrons. The molecule has 0 amide bonds. The highest BCUT2D eigenvalue weighted by Crippen LogP contribution is 2.10. The van der Waals surface area contributed by atoms with Crippen molar-refractivity contribution in [1.29, 1.82) is 0 Å². The van der Waals surface area contributed by atoms with Crippen molar-refractivity contribution < 1.29 is 14.3 Å². The summed E-state index contributed by atoms with van der Waals surface area (Å²) < 4.78 is 8.78. The summed E-state index contributed by atoms with van der Waals surface area (Å²) >= 11 is 0. The van der Waals surface area contributed by atoms with Crippen molar-refractivity contribution in [3.63, 3.8) is 0 Å². The van der Waals surface area contributed by atoms with E-state index in [2.05, 4.69) is 9.47 Å². The molecule has 0 aromatic rings. The molecule has 0 bridgehead atoms. The van der Waals surface area contributed by atoms with Crippen molar-refractivity contribution in [3.05, 3.63) is 6.10 Å². The second-order valence-corrected chi connectivity index (χ2v) is 1.34. The number of rotatable bonds is 0. The van der Waals surface area contributed by atoms with Crippen LogP contribution in [-0.4, -0.2) is 12.8 Å². The van der Waals surface area contributed by atoms with Gasteiger partial charge in [0.25, 0.3) is 0 Å². The molecule has 0 saturated carbocycles. The molecule has 0 atom stereocenters. The van der Waals surface area contributed by atoms with Crippen LogP contribution in [0.25, 0.3) is 0 Å². The maximum atomic E-state index is 9.99.